The predicted octanol–water partition coefficient (Wildman–Crippen LogP) is 2.51. The van der Waals surface area contributed by atoms with Gasteiger partial charge in [-0.25, -0.2) is 16.8 Å². The maximum atomic E-state index is 13.2. The molecule has 2 aromatic rings. The van der Waals surface area contributed by atoms with Crippen LogP contribution in [-0.4, -0.2) is 48.2 Å². The minimum atomic E-state index is -3.99. The molecule has 152 valence electrons. The van der Waals surface area contributed by atoms with E-state index >= 15 is 0 Å². The molecule has 1 aliphatic heterocycles. The number of methoxy groups -OCH3 is 2. The minimum absolute atomic E-state index is 0.0227. The number of fused-ring (bicyclic) bond motifs is 1. The summed E-state index contributed by atoms with van der Waals surface area (Å²) in [6, 6.07) is 7.28. The van der Waals surface area contributed by atoms with Crippen molar-refractivity contribution in [3.63, 3.8) is 0 Å². The number of hydrogen-bond acceptors (Lipinski definition) is 6. The zero-order valence-electron chi connectivity index (χ0n) is 15.6. The van der Waals surface area contributed by atoms with E-state index in [9.17, 15) is 16.8 Å². The largest absolute Gasteiger partial charge is 0.493 e. The van der Waals surface area contributed by atoms with E-state index in [0.29, 0.717) is 17.9 Å². The summed E-state index contributed by atoms with van der Waals surface area (Å²) in [5, 5.41) is -0.0227. The van der Waals surface area contributed by atoms with Crippen molar-refractivity contribution in [2.45, 2.75) is 22.8 Å². The third-order valence-corrected chi connectivity index (χ3v) is 8.07. The van der Waals surface area contributed by atoms with Crippen molar-refractivity contribution in [1.82, 2.24) is 4.31 Å². The molecule has 0 aromatic heterocycles. The molecule has 1 aliphatic rings. The molecule has 0 amide bonds. The molecule has 0 unspecified atom stereocenters. The van der Waals surface area contributed by atoms with E-state index in [1.165, 1.54) is 23.5 Å². The lowest BCUT2D eigenvalue weighted by Crippen LogP contribution is -2.36. The van der Waals surface area contributed by atoms with E-state index in [1.54, 1.807) is 13.2 Å². The summed E-state index contributed by atoms with van der Waals surface area (Å²) in [7, 11) is -4.50. The number of ether oxygens (including phenoxy) is 2. The summed E-state index contributed by atoms with van der Waals surface area (Å²) >= 11 is 6.10. The van der Waals surface area contributed by atoms with Gasteiger partial charge in [-0.05, 0) is 47.9 Å². The Labute approximate surface area is 169 Å². The lowest BCUT2D eigenvalue weighted by atomic mass is 10.0. The van der Waals surface area contributed by atoms with Crippen molar-refractivity contribution in [1.29, 1.82) is 0 Å². The van der Waals surface area contributed by atoms with Crippen LogP contribution in [0.2, 0.25) is 5.02 Å². The third-order valence-electron chi connectivity index (χ3n) is 4.63. The van der Waals surface area contributed by atoms with E-state index in [2.05, 4.69) is 0 Å². The van der Waals surface area contributed by atoms with Crippen LogP contribution in [0.3, 0.4) is 0 Å². The molecule has 0 aliphatic carbocycles. The molecule has 10 heteroatoms. The number of sulfonamides is 1. The van der Waals surface area contributed by atoms with Gasteiger partial charge in [-0.3, -0.25) is 0 Å². The second-order valence-electron chi connectivity index (χ2n) is 6.43. The maximum Gasteiger partial charge on any atom is 0.244 e. The summed E-state index contributed by atoms with van der Waals surface area (Å²) < 4.78 is 61.8. The fourth-order valence-corrected chi connectivity index (χ4v) is 5.75. The van der Waals surface area contributed by atoms with Gasteiger partial charge in [0, 0.05) is 19.3 Å². The molecular weight excluding hydrogens is 426 g/mol. The Bertz CT molecular complexity index is 1130. The van der Waals surface area contributed by atoms with Crippen LogP contribution in [0.25, 0.3) is 0 Å². The van der Waals surface area contributed by atoms with E-state index in [0.717, 1.165) is 23.4 Å². The van der Waals surface area contributed by atoms with Gasteiger partial charge in [-0.2, -0.15) is 4.31 Å². The highest BCUT2D eigenvalue weighted by Crippen LogP contribution is 2.35. The van der Waals surface area contributed by atoms with E-state index in [1.807, 2.05) is 6.07 Å². The quantitative estimate of drug-likeness (QED) is 0.702. The van der Waals surface area contributed by atoms with Crippen LogP contribution in [0.5, 0.6) is 11.5 Å². The highest BCUT2D eigenvalue weighted by atomic mass is 35.5. The first-order valence-electron chi connectivity index (χ1n) is 8.31. The molecule has 3 rings (SSSR count). The van der Waals surface area contributed by atoms with E-state index in [4.69, 9.17) is 21.1 Å². The third kappa shape index (κ3) is 3.84. The van der Waals surface area contributed by atoms with Crippen molar-refractivity contribution in [2.75, 3.05) is 27.0 Å². The number of nitrogens with zero attached hydrogens (tertiary/aromatic N) is 1. The fraction of sp³-hybridized carbons (Fsp3) is 0.333. The van der Waals surface area contributed by atoms with Gasteiger partial charge in [0.25, 0.3) is 0 Å². The smallest absolute Gasteiger partial charge is 0.244 e. The molecule has 0 radical (unpaired) electrons. The van der Waals surface area contributed by atoms with Crippen molar-refractivity contribution in [2.24, 2.45) is 0 Å². The van der Waals surface area contributed by atoms with E-state index < -0.39 is 19.9 Å². The molecule has 0 N–H and O–H groups in total. The standard InChI is InChI=1S/C18H20ClNO6S2/c1-25-16-8-12-6-7-20(11-13(12)9-17(16)26-2)28(23,24)18-10-14(27(3,21)22)4-5-15(18)19/h4-5,8-10H,6-7,11H2,1-3H3. The predicted molar refractivity (Wildman–Crippen MR) is 105 cm³/mol. The van der Waals surface area contributed by atoms with Gasteiger partial charge in [0.05, 0.1) is 24.1 Å². The molecule has 0 saturated carbocycles. The zero-order chi connectivity index (χ0) is 20.7. The Kier molecular flexibility index (Phi) is 5.64. The summed E-state index contributed by atoms with van der Waals surface area (Å²) in [4.78, 5) is -0.319. The van der Waals surface area contributed by atoms with Gasteiger partial charge in [-0.1, -0.05) is 11.6 Å². The van der Waals surface area contributed by atoms with Crippen LogP contribution in [-0.2, 0) is 32.8 Å². The lowest BCUT2D eigenvalue weighted by molar-refractivity contribution is 0.348. The SMILES string of the molecule is COc1cc2c(cc1OC)CN(S(=O)(=O)c1cc(S(C)(=O)=O)ccc1Cl)CC2. The molecular formula is C18H20ClNO6S2. The minimum Gasteiger partial charge on any atom is -0.493 e. The van der Waals surface area contributed by atoms with Crippen LogP contribution >= 0.6 is 11.6 Å². The Morgan fingerprint density at radius 3 is 2.14 bits per heavy atom. The van der Waals surface area contributed by atoms with Crippen LogP contribution in [0.4, 0.5) is 0 Å². The summed E-state index contributed by atoms with van der Waals surface area (Å²) in [5.41, 5.74) is 1.77. The monoisotopic (exact) mass is 445 g/mol. The van der Waals surface area contributed by atoms with Crippen molar-refractivity contribution in [3.05, 3.63) is 46.5 Å². The first kappa shape index (κ1) is 20.9. The van der Waals surface area contributed by atoms with Crippen LogP contribution in [0.15, 0.2) is 40.1 Å². The molecule has 0 saturated heterocycles. The molecule has 0 fully saturated rings. The molecule has 7 nitrogen and oxygen atoms in total. The molecule has 0 spiro atoms. The summed E-state index contributed by atoms with van der Waals surface area (Å²) in [6.45, 7) is 0.363. The highest BCUT2D eigenvalue weighted by Gasteiger charge is 2.31. The lowest BCUT2D eigenvalue weighted by Gasteiger charge is -2.29. The maximum absolute atomic E-state index is 13.2. The second kappa shape index (κ2) is 7.55. The van der Waals surface area contributed by atoms with Gasteiger partial charge in [0.2, 0.25) is 10.0 Å². The van der Waals surface area contributed by atoms with Crippen LogP contribution in [0.1, 0.15) is 11.1 Å². The molecule has 28 heavy (non-hydrogen) atoms. The van der Waals surface area contributed by atoms with Gasteiger partial charge in [-0.15, -0.1) is 0 Å². The number of hydrogen-bond donors (Lipinski definition) is 0. The first-order valence-corrected chi connectivity index (χ1v) is 12.0. The number of benzene rings is 2. The molecule has 0 bridgehead atoms. The average Bonchev–Trinajstić information content (AvgIpc) is 2.65. The number of halogens is 1. The van der Waals surface area contributed by atoms with Crippen molar-refractivity contribution in [3.8, 4) is 11.5 Å². The Morgan fingerprint density at radius 1 is 0.964 bits per heavy atom. The normalized spacial score (nSPS) is 15.1. The topological polar surface area (TPSA) is 90.0 Å². The molecule has 2 aromatic carbocycles. The Hall–Kier alpha value is -1.81. The first-order chi connectivity index (χ1) is 13.1. The zero-order valence-corrected chi connectivity index (χ0v) is 18.0. The van der Waals surface area contributed by atoms with Gasteiger partial charge in [0.15, 0.2) is 21.3 Å². The fourth-order valence-electron chi connectivity index (χ4n) is 3.11. The van der Waals surface area contributed by atoms with Crippen LogP contribution < -0.4 is 9.47 Å². The van der Waals surface area contributed by atoms with Crippen LogP contribution in [0, 0.1) is 0 Å². The number of rotatable bonds is 5. The van der Waals surface area contributed by atoms with Gasteiger partial charge < -0.3 is 9.47 Å². The number of sulfone groups is 1. The molecule has 1 heterocycles. The van der Waals surface area contributed by atoms with Gasteiger partial charge in [0.1, 0.15) is 4.90 Å². The summed E-state index contributed by atoms with van der Waals surface area (Å²) in [5.74, 6) is 1.10. The Morgan fingerprint density at radius 2 is 1.57 bits per heavy atom. The van der Waals surface area contributed by atoms with E-state index in [-0.39, 0.29) is 27.9 Å². The van der Waals surface area contributed by atoms with Gasteiger partial charge >= 0.3 is 0 Å². The Balaban J connectivity index is 2.01. The summed E-state index contributed by atoms with van der Waals surface area (Å²) in [6.07, 6.45) is 1.50. The second-order valence-corrected chi connectivity index (χ2v) is 10.8. The van der Waals surface area contributed by atoms with Crippen molar-refractivity contribution < 1.29 is 26.3 Å². The highest BCUT2D eigenvalue weighted by molar-refractivity contribution is 7.91. The average molecular weight is 446 g/mol. The van der Waals surface area contributed by atoms with Crippen molar-refractivity contribution >= 4 is 31.5 Å². The molecule has 0 atom stereocenters.